The Morgan fingerprint density at radius 1 is 1.03 bits per heavy atom. The number of nitrogens with one attached hydrogen (secondary N) is 1. The molecule has 5 rings (SSSR count). The van der Waals surface area contributed by atoms with Crippen LogP contribution in [0, 0.1) is 5.82 Å². The molecule has 2 heterocycles. The summed E-state index contributed by atoms with van der Waals surface area (Å²) >= 11 is 11.9. The van der Waals surface area contributed by atoms with Crippen molar-refractivity contribution in [2.45, 2.75) is 13.0 Å². The summed E-state index contributed by atoms with van der Waals surface area (Å²) in [7, 11) is 0. The molecule has 0 saturated carbocycles. The molecule has 0 aliphatic carbocycles. The molecule has 5 nitrogen and oxygen atoms in total. The molecule has 1 unspecified atom stereocenters. The molecule has 0 spiro atoms. The first kappa shape index (κ1) is 21.3. The van der Waals surface area contributed by atoms with E-state index in [-0.39, 0.29) is 5.82 Å². The Morgan fingerprint density at radius 3 is 2.58 bits per heavy atom. The molecule has 1 aliphatic heterocycles. The predicted molar refractivity (Wildman–Crippen MR) is 131 cm³/mol. The van der Waals surface area contributed by atoms with Gasteiger partial charge in [-0.1, -0.05) is 65.3 Å². The summed E-state index contributed by atoms with van der Waals surface area (Å²) in [5.74, 6) is 0.444. The van der Waals surface area contributed by atoms with Gasteiger partial charge in [-0.3, -0.25) is 4.90 Å². The number of allylic oxidation sites excluding steroid dienone is 1. The number of anilines is 1. The van der Waals surface area contributed by atoms with Gasteiger partial charge >= 0.3 is 0 Å². The normalized spacial score (nSPS) is 16.2. The maximum atomic E-state index is 14.1. The van der Waals surface area contributed by atoms with Crippen LogP contribution in [-0.4, -0.2) is 15.3 Å². The van der Waals surface area contributed by atoms with Crippen molar-refractivity contribution in [1.82, 2.24) is 15.5 Å². The van der Waals surface area contributed by atoms with Crippen LogP contribution in [-0.2, 0) is 0 Å². The van der Waals surface area contributed by atoms with E-state index in [1.807, 2.05) is 66.4 Å². The first-order chi connectivity index (χ1) is 16.0. The molecule has 1 N–H and O–H groups in total. The van der Waals surface area contributed by atoms with Gasteiger partial charge in [-0.05, 0) is 55.0 Å². The van der Waals surface area contributed by atoms with E-state index < -0.39 is 6.04 Å². The number of thiocarbonyl (C=S) groups is 1. The van der Waals surface area contributed by atoms with Gasteiger partial charge in [0.15, 0.2) is 5.11 Å². The second-order valence-electron chi connectivity index (χ2n) is 7.54. The van der Waals surface area contributed by atoms with Gasteiger partial charge in [0.25, 0.3) is 5.89 Å². The third-order valence-corrected chi connectivity index (χ3v) is 5.96. The van der Waals surface area contributed by atoms with E-state index in [1.165, 1.54) is 12.1 Å². The van der Waals surface area contributed by atoms with Gasteiger partial charge in [0, 0.05) is 22.0 Å². The highest BCUT2D eigenvalue weighted by Gasteiger charge is 2.35. The minimum absolute atomic E-state index is 0.322. The zero-order chi connectivity index (χ0) is 22.9. The van der Waals surface area contributed by atoms with Crippen molar-refractivity contribution in [2.75, 3.05) is 4.90 Å². The molecule has 164 valence electrons. The van der Waals surface area contributed by atoms with Gasteiger partial charge in [-0.2, -0.15) is 4.98 Å². The Balaban J connectivity index is 1.67. The standard InChI is InChI=1S/C25H18ClFN4OS/c1-15-21(24-29-23(30-32-24)16-7-3-2-4-8-16)22(17-9-5-11-19(27)13-17)28-25(33)31(15)20-12-6-10-18(26)14-20/h2-14,22H,1H3,(H,28,33). The van der Waals surface area contributed by atoms with E-state index in [1.54, 1.807) is 12.1 Å². The second kappa shape index (κ2) is 8.77. The van der Waals surface area contributed by atoms with E-state index in [4.69, 9.17) is 28.3 Å². The molecule has 8 heteroatoms. The molecule has 33 heavy (non-hydrogen) atoms. The lowest BCUT2D eigenvalue weighted by Crippen LogP contribution is -2.46. The zero-order valence-electron chi connectivity index (χ0n) is 17.5. The highest BCUT2D eigenvalue weighted by atomic mass is 35.5. The van der Waals surface area contributed by atoms with Crippen molar-refractivity contribution < 1.29 is 8.91 Å². The monoisotopic (exact) mass is 476 g/mol. The van der Waals surface area contributed by atoms with Crippen LogP contribution < -0.4 is 10.2 Å². The fourth-order valence-corrected chi connectivity index (χ4v) is 4.46. The highest BCUT2D eigenvalue weighted by Crippen LogP contribution is 2.39. The fourth-order valence-electron chi connectivity index (χ4n) is 3.92. The summed E-state index contributed by atoms with van der Waals surface area (Å²) in [6.07, 6.45) is 0. The molecule has 4 aromatic rings. The van der Waals surface area contributed by atoms with Crippen LogP contribution in [0.25, 0.3) is 17.0 Å². The number of aromatic nitrogens is 2. The van der Waals surface area contributed by atoms with E-state index in [0.29, 0.717) is 33.0 Å². The van der Waals surface area contributed by atoms with E-state index in [2.05, 4.69) is 15.5 Å². The lowest BCUT2D eigenvalue weighted by molar-refractivity contribution is 0.404. The van der Waals surface area contributed by atoms with Crippen LogP contribution in [0.1, 0.15) is 24.4 Å². The molecule has 0 fully saturated rings. The first-order valence-electron chi connectivity index (χ1n) is 10.2. The van der Waals surface area contributed by atoms with Crippen molar-refractivity contribution in [1.29, 1.82) is 0 Å². The highest BCUT2D eigenvalue weighted by molar-refractivity contribution is 7.80. The number of rotatable bonds is 4. The Bertz CT molecular complexity index is 1370. The quantitative estimate of drug-likeness (QED) is 0.344. The summed E-state index contributed by atoms with van der Waals surface area (Å²) in [4.78, 5) is 6.52. The van der Waals surface area contributed by atoms with E-state index in [9.17, 15) is 4.39 Å². The smallest absolute Gasteiger partial charge is 0.258 e. The minimum atomic E-state index is -0.479. The average Bonchev–Trinajstić information content (AvgIpc) is 3.29. The van der Waals surface area contributed by atoms with Gasteiger partial charge in [0.05, 0.1) is 11.6 Å². The van der Waals surface area contributed by atoms with Crippen molar-refractivity contribution in [3.63, 3.8) is 0 Å². The summed E-state index contributed by atoms with van der Waals surface area (Å²) in [5, 5.41) is 8.53. The van der Waals surface area contributed by atoms with Crippen molar-refractivity contribution in [3.05, 3.63) is 107 Å². The number of benzene rings is 3. The predicted octanol–water partition coefficient (Wildman–Crippen LogP) is 6.40. The van der Waals surface area contributed by atoms with Gasteiger partial charge < -0.3 is 9.84 Å². The number of nitrogens with zero attached hydrogens (tertiary/aromatic N) is 3. The summed E-state index contributed by atoms with van der Waals surface area (Å²) in [6, 6.07) is 22.8. The molecule has 1 aliphatic rings. The third kappa shape index (κ3) is 4.13. The van der Waals surface area contributed by atoms with Crippen LogP contribution in [0.5, 0.6) is 0 Å². The fraction of sp³-hybridized carbons (Fsp3) is 0.0800. The Kier molecular flexibility index (Phi) is 5.66. The first-order valence-corrected chi connectivity index (χ1v) is 11.0. The lowest BCUT2D eigenvalue weighted by atomic mass is 9.94. The summed E-state index contributed by atoms with van der Waals surface area (Å²) in [6.45, 7) is 1.92. The van der Waals surface area contributed by atoms with Crippen LogP contribution in [0.15, 0.2) is 89.1 Å². The van der Waals surface area contributed by atoms with Crippen molar-refractivity contribution in [3.8, 4) is 11.4 Å². The largest absolute Gasteiger partial charge is 0.351 e. The lowest BCUT2D eigenvalue weighted by Gasteiger charge is -2.37. The maximum absolute atomic E-state index is 14.1. The Morgan fingerprint density at radius 2 is 1.82 bits per heavy atom. The van der Waals surface area contributed by atoms with Crippen LogP contribution in [0.2, 0.25) is 5.02 Å². The van der Waals surface area contributed by atoms with Gasteiger partial charge in [-0.15, -0.1) is 0 Å². The molecule has 0 saturated heterocycles. The molecule has 3 aromatic carbocycles. The second-order valence-corrected chi connectivity index (χ2v) is 8.36. The number of hydrogen-bond donors (Lipinski definition) is 1. The maximum Gasteiger partial charge on any atom is 0.258 e. The molecule has 1 atom stereocenters. The SMILES string of the molecule is CC1=C(c2nc(-c3ccccc3)no2)C(c2cccc(F)c2)NC(=S)N1c1cccc(Cl)c1. The van der Waals surface area contributed by atoms with Crippen LogP contribution in [0.3, 0.4) is 0 Å². The molecule has 0 radical (unpaired) electrons. The van der Waals surface area contributed by atoms with Crippen molar-refractivity contribution >= 4 is 40.2 Å². The molecular weight excluding hydrogens is 459 g/mol. The Labute approximate surface area is 200 Å². The van der Waals surface area contributed by atoms with Crippen LogP contribution >= 0.6 is 23.8 Å². The van der Waals surface area contributed by atoms with Crippen molar-refractivity contribution in [2.24, 2.45) is 0 Å². The van der Waals surface area contributed by atoms with E-state index >= 15 is 0 Å². The third-order valence-electron chi connectivity index (χ3n) is 5.42. The Hall–Kier alpha value is -3.55. The van der Waals surface area contributed by atoms with Gasteiger partial charge in [-0.25, -0.2) is 4.39 Å². The van der Waals surface area contributed by atoms with Gasteiger partial charge in [0.1, 0.15) is 5.82 Å². The molecular formula is C25H18ClFN4OS. The summed E-state index contributed by atoms with van der Waals surface area (Å²) < 4.78 is 19.8. The van der Waals surface area contributed by atoms with Gasteiger partial charge in [0.2, 0.25) is 5.82 Å². The van der Waals surface area contributed by atoms with E-state index in [0.717, 1.165) is 16.9 Å². The van der Waals surface area contributed by atoms with Crippen LogP contribution in [0.4, 0.5) is 10.1 Å². The minimum Gasteiger partial charge on any atom is -0.351 e. The topological polar surface area (TPSA) is 54.2 Å². The number of hydrogen-bond acceptors (Lipinski definition) is 4. The molecule has 1 aromatic heterocycles. The zero-order valence-corrected chi connectivity index (χ0v) is 19.1. The molecule has 0 bridgehead atoms. The average molecular weight is 477 g/mol. The number of halogens is 2. The molecule has 0 amide bonds. The summed E-state index contributed by atoms with van der Waals surface area (Å²) in [5.41, 5.74) is 3.79.